The van der Waals surface area contributed by atoms with Crippen LogP contribution in [0.5, 0.6) is 0 Å². The monoisotopic (exact) mass is 306 g/mol. The maximum Gasteiger partial charge on any atom is 0.255 e. The van der Waals surface area contributed by atoms with E-state index in [9.17, 15) is 13.2 Å². The molecule has 2 aromatic rings. The molecule has 0 spiro atoms. The molecule has 0 saturated heterocycles. The maximum absolute atomic E-state index is 12.1. The van der Waals surface area contributed by atoms with Crippen molar-refractivity contribution >= 4 is 21.6 Å². The summed E-state index contributed by atoms with van der Waals surface area (Å²) in [4.78, 5) is 16.0. The zero-order valence-electron chi connectivity index (χ0n) is 11.0. The number of amides is 1. The van der Waals surface area contributed by atoms with Gasteiger partial charge in [0.25, 0.3) is 5.91 Å². The lowest BCUT2D eigenvalue weighted by atomic mass is 10.2. The van der Waals surface area contributed by atoms with Crippen molar-refractivity contribution in [2.45, 2.75) is 11.4 Å². The maximum atomic E-state index is 12.1. The lowest BCUT2D eigenvalue weighted by Gasteiger charge is -2.07. The van der Waals surface area contributed by atoms with E-state index in [1.165, 1.54) is 30.5 Å². The van der Waals surface area contributed by atoms with Gasteiger partial charge in [0.1, 0.15) is 0 Å². The zero-order valence-corrected chi connectivity index (χ0v) is 11.8. The molecule has 0 bridgehead atoms. The number of anilines is 1. The van der Waals surface area contributed by atoms with Gasteiger partial charge in [-0.2, -0.15) is 0 Å². The number of hydrogen-bond acceptors (Lipinski definition) is 5. The molecule has 1 aromatic heterocycles. The second kappa shape index (κ2) is 6.00. The molecule has 2 rings (SSSR count). The Morgan fingerprint density at radius 2 is 2.00 bits per heavy atom. The van der Waals surface area contributed by atoms with E-state index in [0.29, 0.717) is 16.9 Å². The van der Waals surface area contributed by atoms with Gasteiger partial charge in [-0.15, -0.1) is 0 Å². The fraction of sp³-hybridized carbons (Fsp3) is 0.0769. The predicted octanol–water partition coefficient (Wildman–Crippen LogP) is 0.440. The topological polar surface area (TPSA) is 128 Å². The van der Waals surface area contributed by atoms with Gasteiger partial charge < -0.3 is 11.1 Å². The molecule has 0 saturated carbocycles. The number of rotatable bonds is 4. The second-order valence-electron chi connectivity index (χ2n) is 4.27. The van der Waals surface area contributed by atoms with Crippen LogP contribution in [-0.4, -0.2) is 19.3 Å². The first-order valence-electron chi connectivity index (χ1n) is 5.99. The highest BCUT2D eigenvalue weighted by molar-refractivity contribution is 7.89. The molecule has 0 aliphatic heterocycles. The van der Waals surface area contributed by atoms with Crippen LogP contribution >= 0.6 is 0 Å². The second-order valence-corrected chi connectivity index (χ2v) is 5.83. The third-order valence-corrected chi connectivity index (χ3v) is 3.62. The number of nitrogens with two attached hydrogens (primary N) is 2. The van der Waals surface area contributed by atoms with Gasteiger partial charge in [0.15, 0.2) is 0 Å². The van der Waals surface area contributed by atoms with Crippen molar-refractivity contribution in [2.24, 2.45) is 10.9 Å². The molecule has 0 radical (unpaired) electrons. The third kappa shape index (κ3) is 3.85. The van der Waals surface area contributed by atoms with Gasteiger partial charge in [0.05, 0.1) is 10.6 Å². The van der Waals surface area contributed by atoms with E-state index in [1.54, 1.807) is 12.1 Å². The van der Waals surface area contributed by atoms with Crippen molar-refractivity contribution in [1.82, 2.24) is 4.98 Å². The van der Waals surface area contributed by atoms with Crippen LogP contribution in [-0.2, 0) is 16.6 Å². The highest BCUT2D eigenvalue weighted by atomic mass is 32.2. The van der Waals surface area contributed by atoms with Crippen LogP contribution in [0.25, 0.3) is 0 Å². The first-order chi connectivity index (χ1) is 9.90. The Morgan fingerprint density at radius 1 is 1.24 bits per heavy atom. The van der Waals surface area contributed by atoms with Gasteiger partial charge in [0.2, 0.25) is 10.0 Å². The highest BCUT2D eigenvalue weighted by Gasteiger charge is 2.11. The number of nitrogens with zero attached hydrogens (tertiary/aromatic N) is 1. The fourth-order valence-electron chi connectivity index (χ4n) is 1.69. The molecule has 1 amide bonds. The first-order valence-corrected chi connectivity index (χ1v) is 7.54. The minimum absolute atomic E-state index is 0.0716. The first kappa shape index (κ1) is 15.1. The van der Waals surface area contributed by atoms with Gasteiger partial charge >= 0.3 is 0 Å². The zero-order chi connectivity index (χ0) is 15.5. The normalized spacial score (nSPS) is 11.1. The number of sulfonamides is 1. The molecule has 0 aliphatic carbocycles. The van der Waals surface area contributed by atoms with Crippen molar-refractivity contribution < 1.29 is 13.2 Å². The molecule has 7 nitrogen and oxygen atoms in total. The number of nitrogens with one attached hydrogen (secondary N) is 1. The van der Waals surface area contributed by atoms with Crippen molar-refractivity contribution in [2.75, 3.05) is 5.32 Å². The largest absolute Gasteiger partial charge is 0.325 e. The summed E-state index contributed by atoms with van der Waals surface area (Å²) in [6, 6.07) is 8.81. The number of carbonyl (C=O) groups excluding carboxylic acids is 1. The Labute approximate surface area is 122 Å². The molecule has 0 fully saturated rings. The van der Waals surface area contributed by atoms with Crippen molar-refractivity contribution in [1.29, 1.82) is 0 Å². The van der Waals surface area contributed by atoms with Crippen molar-refractivity contribution in [3.8, 4) is 0 Å². The molecule has 0 aliphatic rings. The van der Waals surface area contributed by atoms with Crippen LogP contribution in [0.15, 0.2) is 47.5 Å². The average molecular weight is 306 g/mol. The van der Waals surface area contributed by atoms with Crippen LogP contribution in [0.4, 0.5) is 5.69 Å². The van der Waals surface area contributed by atoms with E-state index in [4.69, 9.17) is 10.9 Å². The van der Waals surface area contributed by atoms with Crippen LogP contribution in [0.2, 0.25) is 0 Å². The van der Waals surface area contributed by atoms with Crippen LogP contribution in [0.3, 0.4) is 0 Å². The van der Waals surface area contributed by atoms with E-state index in [1.807, 2.05) is 0 Å². The molecule has 1 heterocycles. The minimum Gasteiger partial charge on any atom is -0.325 e. The van der Waals surface area contributed by atoms with Crippen LogP contribution in [0.1, 0.15) is 16.1 Å². The minimum atomic E-state index is -3.81. The highest BCUT2D eigenvalue weighted by Crippen LogP contribution is 2.15. The fourth-order valence-corrected chi connectivity index (χ4v) is 2.24. The van der Waals surface area contributed by atoms with Gasteiger partial charge in [-0.05, 0) is 30.3 Å². The van der Waals surface area contributed by atoms with Crippen LogP contribution in [0, 0.1) is 0 Å². The summed E-state index contributed by atoms with van der Waals surface area (Å²) in [6.45, 7) is 0.224. The molecular formula is C13H14N4O3S. The molecule has 110 valence electrons. The number of pyridine rings is 1. The molecular weight excluding hydrogens is 292 g/mol. The van der Waals surface area contributed by atoms with E-state index < -0.39 is 15.9 Å². The average Bonchev–Trinajstić information content (AvgIpc) is 2.46. The van der Waals surface area contributed by atoms with E-state index in [2.05, 4.69) is 10.3 Å². The number of primary sulfonamides is 1. The van der Waals surface area contributed by atoms with Gasteiger partial charge in [-0.25, -0.2) is 13.6 Å². The van der Waals surface area contributed by atoms with Gasteiger partial charge in [0, 0.05) is 24.0 Å². The summed E-state index contributed by atoms with van der Waals surface area (Å²) in [5.74, 6) is -0.390. The Balaban J connectivity index is 2.23. The van der Waals surface area contributed by atoms with Crippen molar-refractivity contribution in [3.63, 3.8) is 0 Å². The SMILES string of the molecule is NCc1cc(C(=O)Nc2cccc(S(N)(=O)=O)c2)ccn1. The Morgan fingerprint density at radius 3 is 2.67 bits per heavy atom. The number of carbonyl (C=O) groups is 1. The Bertz CT molecular complexity index is 774. The molecule has 5 N–H and O–H groups in total. The van der Waals surface area contributed by atoms with Gasteiger partial charge in [-0.3, -0.25) is 9.78 Å². The number of hydrogen-bond donors (Lipinski definition) is 3. The van der Waals surface area contributed by atoms with Crippen LogP contribution < -0.4 is 16.2 Å². The third-order valence-electron chi connectivity index (χ3n) is 2.71. The molecule has 0 unspecified atom stereocenters. The summed E-state index contributed by atoms with van der Waals surface area (Å²) >= 11 is 0. The number of aromatic nitrogens is 1. The standard InChI is InChI=1S/C13H14N4O3S/c14-8-11-6-9(4-5-16-11)13(18)17-10-2-1-3-12(7-10)21(15,19)20/h1-7H,8,14H2,(H,17,18)(H2,15,19,20). The van der Waals surface area contributed by atoms with E-state index >= 15 is 0 Å². The smallest absolute Gasteiger partial charge is 0.255 e. The Kier molecular flexibility index (Phi) is 4.32. The molecule has 8 heteroatoms. The van der Waals surface area contributed by atoms with E-state index in [-0.39, 0.29) is 11.4 Å². The molecule has 0 atom stereocenters. The Hall–Kier alpha value is -2.29. The van der Waals surface area contributed by atoms with E-state index in [0.717, 1.165) is 0 Å². The van der Waals surface area contributed by atoms with Crippen molar-refractivity contribution in [3.05, 3.63) is 53.9 Å². The summed E-state index contributed by atoms with van der Waals surface area (Å²) in [5.41, 5.74) is 6.76. The summed E-state index contributed by atoms with van der Waals surface area (Å²) < 4.78 is 22.5. The predicted molar refractivity (Wildman–Crippen MR) is 77.9 cm³/mol. The molecule has 1 aromatic carbocycles. The van der Waals surface area contributed by atoms with Gasteiger partial charge in [-0.1, -0.05) is 6.07 Å². The summed E-state index contributed by atoms with van der Waals surface area (Å²) in [5, 5.41) is 7.64. The lowest BCUT2D eigenvalue weighted by molar-refractivity contribution is 0.102. The quantitative estimate of drug-likeness (QED) is 0.755. The summed E-state index contributed by atoms with van der Waals surface area (Å²) in [6.07, 6.45) is 1.48. The lowest BCUT2D eigenvalue weighted by Crippen LogP contribution is -2.15. The summed E-state index contributed by atoms with van der Waals surface area (Å²) in [7, 11) is -3.81. The number of benzene rings is 1. The molecule has 21 heavy (non-hydrogen) atoms.